The summed E-state index contributed by atoms with van der Waals surface area (Å²) in [6.45, 7) is 0.529. The summed E-state index contributed by atoms with van der Waals surface area (Å²) < 4.78 is 27.2. The predicted molar refractivity (Wildman–Crippen MR) is 79.1 cm³/mol. The van der Waals surface area contributed by atoms with E-state index in [1.165, 1.54) is 18.2 Å². The summed E-state index contributed by atoms with van der Waals surface area (Å²) in [6.07, 6.45) is 0.863. The van der Waals surface area contributed by atoms with Crippen LogP contribution in [0.25, 0.3) is 0 Å². The second-order valence-corrected chi connectivity index (χ2v) is 5.25. The van der Waals surface area contributed by atoms with E-state index in [1.54, 1.807) is 0 Å². The minimum atomic E-state index is -0.655. The fourth-order valence-electron chi connectivity index (χ4n) is 2.72. The van der Waals surface area contributed by atoms with Crippen molar-refractivity contribution in [3.8, 4) is 0 Å². The molecule has 1 aliphatic rings. The molecule has 0 radical (unpaired) electrons. The number of rotatable bonds is 3. The van der Waals surface area contributed by atoms with Gasteiger partial charge in [-0.1, -0.05) is 30.3 Å². The number of hydrogen-bond donors (Lipinski definition) is 2. The van der Waals surface area contributed by atoms with Gasteiger partial charge in [-0.15, -0.1) is 0 Å². The molecule has 0 unspecified atom stereocenters. The van der Waals surface area contributed by atoms with Gasteiger partial charge < -0.3 is 10.6 Å². The Morgan fingerprint density at radius 2 is 1.86 bits per heavy atom. The fraction of sp³-hybridized carbons (Fsp3) is 0.235. The SMILES string of the molecule is O=C(NCc1c(F)cccc1F)[C@@H]1NCCc2ccccc21. The van der Waals surface area contributed by atoms with Crippen molar-refractivity contribution in [3.05, 3.63) is 70.8 Å². The number of carbonyl (C=O) groups is 1. The number of halogens is 2. The summed E-state index contributed by atoms with van der Waals surface area (Å²) in [4.78, 5) is 12.3. The van der Waals surface area contributed by atoms with Crippen molar-refractivity contribution in [2.75, 3.05) is 6.54 Å². The Hall–Kier alpha value is -2.27. The third-order valence-corrected chi connectivity index (χ3v) is 3.87. The second kappa shape index (κ2) is 6.23. The fourth-order valence-corrected chi connectivity index (χ4v) is 2.72. The van der Waals surface area contributed by atoms with Crippen molar-refractivity contribution in [2.24, 2.45) is 0 Å². The summed E-state index contributed by atoms with van der Waals surface area (Å²) in [7, 11) is 0. The third kappa shape index (κ3) is 2.85. The first kappa shape index (κ1) is 14.7. The highest BCUT2D eigenvalue weighted by Gasteiger charge is 2.25. The van der Waals surface area contributed by atoms with Gasteiger partial charge in [-0.2, -0.15) is 0 Å². The van der Waals surface area contributed by atoms with Crippen molar-refractivity contribution in [3.63, 3.8) is 0 Å². The lowest BCUT2D eigenvalue weighted by Gasteiger charge is -2.26. The average molecular weight is 302 g/mol. The van der Waals surface area contributed by atoms with E-state index in [-0.39, 0.29) is 18.0 Å². The Labute approximate surface area is 127 Å². The number of hydrogen-bond acceptors (Lipinski definition) is 2. The van der Waals surface area contributed by atoms with Crippen LogP contribution in [0.4, 0.5) is 8.78 Å². The summed E-state index contributed by atoms with van der Waals surface area (Å²) in [5.74, 6) is -1.59. The lowest BCUT2D eigenvalue weighted by atomic mass is 9.94. The van der Waals surface area contributed by atoms with Crippen LogP contribution in [0.3, 0.4) is 0 Å². The van der Waals surface area contributed by atoms with Crippen LogP contribution < -0.4 is 10.6 Å². The van der Waals surface area contributed by atoms with Gasteiger partial charge in [0.25, 0.3) is 0 Å². The van der Waals surface area contributed by atoms with Crippen LogP contribution >= 0.6 is 0 Å². The van der Waals surface area contributed by atoms with Crippen LogP contribution in [0, 0.1) is 11.6 Å². The third-order valence-electron chi connectivity index (χ3n) is 3.87. The minimum absolute atomic E-state index is 0.125. The lowest BCUT2D eigenvalue weighted by Crippen LogP contribution is -2.41. The highest BCUT2D eigenvalue weighted by molar-refractivity contribution is 5.83. The quantitative estimate of drug-likeness (QED) is 0.914. The molecular formula is C17H16F2N2O. The lowest BCUT2D eigenvalue weighted by molar-refractivity contribution is -0.123. The molecule has 2 aromatic rings. The van der Waals surface area contributed by atoms with Gasteiger partial charge in [0.2, 0.25) is 5.91 Å². The molecule has 0 saturated heterocycles. The average Bonchev–Trinajstić information content (AvgIpc) is 2.53. The Bertz CT molecular complexity index is 683. The number of benzene rings is 2. The summed E-state index contributed by atoms with van der Waals surface area (Å²) in [5.41, 5.74) is 1.92. The largest absolute Gasteiger partial charge is 0.350 e. The van der Waals surface area contributed by atoms with Gasteiger partial charge in [-0.05, 0) is 29.7 Å². The van der Waals surface area contributed by atoms with E-state index >= 15 is 0 Å². The van der Waals surface area contributed by atoms with Gasteiger partial charge in [0.1, 0.15) is 17.7 Å². The molecule has 1 atom stereocenters. The second-order valence-electron chi connectivity index (χ2n) is 5.25. The van der Waals surface area contributed by atoms with E-state index in [4.69, 9.17) is 0 Å². The first-order chi connectivity index (χ1) is 10.7. The zero-order chi connectivity index (χ0) is 15.5. The highest BCUT2D eigenvalue weighted by Crippen LogP contribution is 2.23. The molecule has 0 aliphatic carbocycles. The zero-order valence-corrected chi connectivity index (χ0v) is 11.9. The molecule has 1 heterocycles. The van der Waals surface area contributed by atoms with E-state index in [0.29, 0.717) is 6.54 Å². The molecule has 5 heteroatoms. The number of fused-ring (bicyclic) bond motifs is 1. The summed E-state index contributed by atoms with van der Waals surface area (Å²) >= 11 is 0. The van der Waals surface area contributed by atoms with E-state index in [1.807, 2.05) is 24.3 Å². The maximum Gasteiger partial charge on any atom is 0.242 e. The van der Waals surface area contributed by atoms with Gasteiger partial charge >= 0.3 is 0 Å². The highest BCUT2D eigenvalue weighted by atomic mass is 19.1. The van der Waals surface area contributed by atoms with Gasteiger partial charge in [0, 0.05) is 18.7 Å². The van der Waals surface area contributed by atoms with E-state index in [9.17, 15) is 13.6 Å². The summed E-state index contributed by atoms with van der Waals surface area (Å²) in [5, 5.41) is 5.75. The standard InChI is InChI=1S/C17H16F2N2O/c18-14-6-3-7-15(19)13(14)10-21-17(22)16-12-5-2-1-4-11(12)8-9-20-16/h1-7,16,20H,8-10H2,(H,21,22)/t16-/m1/s1. The van der Waals surface area contributed by atoms with Gasteiger partial charge in [-0.3, -0.25) is 4.79 Å². The van der Waals surface area contributed by atoms with Crippen molar-refractivity contribution in [1.82, 2.24) is 10.6 Å². The van der Waals surface area contributed by atoms with Crippen molar-refractivity contribution >= 4 is 5.91 Å². The molecule has 3 rings (SSSR count). The predicted octanol–water partition coefficient (Wildman–Crippen LogP) is 2.47. The normalized spacial score (nSPS) is 16.9. The van der Waals surface area contributed by atoms with Crippen LogP contribution in [0.2, 0.25) is 0 Å². The molecular weight excluding hydrogens is 286 g/mol. The Morgan fingerprint density at radius 1 is 1.14 bits per heavy atom. The van der Waals surface area contributed by atoms with Crippen molar-refractivity contribution in [2.45, 2.75) is 19.0 Å². The first-order valence-corrected chi connectivity index (χ1v) is 7.18. The Morgan fingerprint density at radius 3 is 2.64 bits per heavy atom. The van der Waals surface area contributed by atoms with Crippen molar-refractivity contribution in [1.29, 1.82) is 0 Å². The van der Waals surface area contributed by atoms with Gasteiger partial charge in [0.15, 0.2) is 0 Å². The molecule has 1 amide bonds. The van der Waals surface area contributed by atoms with Crippen LogP contribution in [0.5, 0.6) is 0 Å². The molecule has 22 heavy (non-hydrogen) atoms. The molecule has 114 valence electrons. The molecule has 0 aromatic heterocycles. The maximum atomic E-state index is 13.6. The molecule has 0 bridgehead atoms. The minimum Gasteiger partial charge on any atom is -0.350 e. The number of amides is 1. The molecule has 3 nitrogen and oxygen atoms in total. The molecule has 2 N–H and O–H groups in total. The van der Waals surface area contributed by atoms with Crippen LogP contribution in [0.15, 0.2) is 42.5 Å². The molecule has 0 saturated carbocycles. The van der Waals surface area contributed by atoms with Gasteiger partial charge in [0.05, 0.1) is 0 Å². The topological polar surface area (TPSA) is 41.1 Å². The van der Waals surface area contributed by atoms with Crippen LogP contribution in [0.1, 0.15) is 22.7 Å². The van der Waals surface area contributed by atoms with Crippen LogP contribution in [-0.4, -0.2) is 12.5 Å². The van der Waals surface area contributed by atoms with E-state index in [2.05, 4.69) is 10.6 Å². The maximum absolute atomic E-state index is 13.6. The smallest absolute Gasteiger partial charge is 0.242 e. The van der Waals surface area contributed by atoms with Crippen molar-refractivity contribution < 1.29 is 13.6 Å². The number of carbonyl (C=O) groups excluding carboxylic acids is 1. The molecule has 2 aromatic carbocycles. The zero-order valence-electron chi connectivity index (χ0n) is 11.9. The first-order valence-electron chi connectivity index (χ1n) is 7.18. The Balaban J connectivity index is 1.74. The number of nitrogens with one attached hydrogen (secondary N) is 2. The molecule has 1 aliphatic heterocycles. The molecule has 0 fully saturated rings. The molecule has 0 spiro atoms. The Kier molecular flexibility index (Phi) is 4.15. The van der Waals surface area contributed by atoms with Gasteiger partial charge in [-0.25, -0.2) is 8.78 Å². The van der Waals surface area contributed by atoms with Crippen LogP contribution in [-0.2, 0) is 17.8 Å². The monoisotopic (exact) mass is 302 g/mol. The van der Waals surface area contributed by atoms with E-state index < -0.39 is 17.7 Å². The summed E-state index contributed by atoms with van der Waals surface area (Å²) in [6, 6.07) is 10.9. The van der Waals surface area contributed by atoms with E-state index in [0.717, 1.165) is 17.5 Å².